The van der Waals surface area contributed by atoms with Crippen LogP contribution in [0.1, 0.15) is 13.3 Å². The van der Waals surface area contributed by atoms with Gasteiger partial charge in [0.1, 0.15) is 0 Å². The molecule has 1 unspecified atom stereocenters. The van der Waals surface area contributed by atoms with Crippen molar-refractivity contribution < 1.29 is 10.0 Å². The molecule has 4 nitrogen and oxygen atoms in total. The van der Waals surface area contributed by atoms with E-state index in [4.69, 9.17) is 5.11 Å². The van der Waals surface area contributed by atoms with Crippen LogP contribution in [0.3, 0.4) is 0 Å². The lowest BCUT2D eigenvalue weighted by molar-refractivity contribution is -0.570. The third-order valence-corrected chi connectivity index (χ3v) is 0.609. The number of aliphatic hydroxyl groups excluding tert-OH is 1. The average molecular weight is 105 g/mol. The molecule has 0 rings (SSSR count). The summed E-state index contributed by atoms with van der Waals surface area (Å²) in [4.78, 5) is 8.76. The fourth-order valence-electron chi connectivity index (χ4n) is 0.149. The molecule has 42 valence electrons. The first-order valence-corrected chi connectivity index (χ1v) is 2.00. The van der Waals surface area contributed by atoms with Gasteiger partial charge >= 0.3 is 6.23 Å². The van der Waals surface area contributed by atoms with E-state index < -0.39 is 11.2 Å². The van der Waals surface area contributed by atoms with Crippen molar-refractivity contribution in [3.8, 4) is 0 Å². The third kappa shape index (κ3) is 2.11. The summed E-state index contributed by atoms with van der Waals surface area (Å²) in [6.45, 7) is 1.55. The molecule has 0 radical (unpaired) electrons. The topological polar surface area (TPSA) is 63.4 Å². The minimum absolute atomic E-state index is 0.174. The van der Waals surface area contributed by atoms with Crippen molar-refractivity contribution in [2.45, 2.75) is 19.6 Å². The largest absolute Gasteiger partial charge is 0.333 e. The SMILES string of the molecule is CCC(O)[N+](=O)[O-]. The van der Waals surface area contributed by atoms with E-state index in [1.165, 1.54) is 0 Å². The Kier molecular flexibility index (Phi) is 2.29. The summed E-state index contributed by atoms with van der Waals surface area (Å²) in [6, 6.07) is 0. The van der Waals surface area contributed by atoms with Crippen molar-refractivity contribution in [1.29, 1.82) is 0 Å². The molecule has 0 aromatic rings. The van der Waals surface area contributed by atoms with Crippen LogP contribution in [0.25, 0.3) is 0 Å². The van der Waals surface area contributed by atoms with Crippen molar-refractivity contribution in [2.24, 2.45) is 0 Å². The van der Waals surface area contributed by atoms with Crippen LogP contribution in [0.5, 0.6) is 0 Å². The van der Waals surface area contributed by atoms with Gasteiger partial charge in [-0.1, -0.05) is 6.92 Å². The summed E-state index contributed by atoms with van der Waals surface area (Å²) in [5.74, 6) is 0. The number of rotatable bonds is 2. The Hall–Kier alpha value is -0.640. The molecule has 7 heavy (non-hydrogen) atoms. The first-order valence-electron chi connectivity index (χ1n) is 2.00. The van der Waals surface area contributed by atoms with E-state index in [-0.39, 0.29) is 6.42 Å². The Morgan fingerprint density at radius 2 is 2.43 bits per heavy atom. The summed E-state index contributed by atoms with van der Waals surface area (Å²) < 4.78 is 0. The third-order valence-electron chi connectivity index (χ3n) is 0.609. The first-order chi connectivity index (χ1) is 3.18. The molecule has 0 aliphatic rings. The van der Waals surface area contributed by atoms with E-state index in [0.717, 1.165) is 0 Å². The Labute approximate surface area is 40.9 Å². The number of hydrogen-bond acceptors (Lipinski definition) is 3. The van der Waals surface area contributed by atoms with Gasteiger partial charge in [-0.3, -0.25) is 10.1 Å². The lowest BCUT2D eigenvalue weighted by Crippen LogP contribution is -2.16. The maximum absolute atomic E-state index is 9.49. The normalized spacial score (nSPS) is 13.4. The van der Waals surface area contributed by atoms with Crippen LogP contribution in [0.2, 0.25) is 0 Å². The van der Waals surface area contributed by atoms with Gasteiger partial charge in [-0.15, -0.1) is 0 Å². The smallest absolute Gasteiger partial charge is 0.312 e. The average Bonchev–Trinajstić information content (AvgIpc) is 1.65. The van der Waals surface area contributed by atoms with Crippen molar-refractivity contribution in [1.82, 2.24) is 0 Å². The lowest BCUT2D eigenvalue weighted by Gasteiger charge is -1.93. The highest BCUT2D eigenvalue weighted by Crippen LogP contribution is 1.87. The molecule has 0 aromatic carbocycles. The standard InChI is InChI=1S/C3H7NO3/c1-2-3(5)4(6)7/h3,5H,2H2,1H3. The van der Waals surface area contributed by atoms with Gasteiger partial charge in [0, 0.05) is 6.42 Å². The summed E-state index contributed by atoms with van der Waals surface area (Å²) in [6.07, 6.45) is -1.20. The highest BCUT2D eigenvalue weighted by molar-refractivity contribution is 4.28. The molecule has 0 fully saturated rings. The van der Waals surface area contributed by atoms with Crippen molar-refractivity contribution in [3.05, 3.63) is 10.1 Å². The maximum Gasteiger partial charge on any atom is 0.312 e. The van der Waals surface area contributed by atoms with E-state index >= 15 is 0 Å². The molecular weight excluding hydrogens is 98.0 g/mol. The number of hydrogen-bond donors (Lipinski definition) is 1. The molecule has 1 atom stereocenters. The first kappa shape index (κ1) is 6.36. The molecule has 1 N–H and O–H groups in total. The van der Waals surface area contributed by atoms with Crippen molar-refractivity contribution in [3.63, 3.8) is 0 Å². The zero-order chi connectivity index (χ0) is 5.86. The maximum atomic E-state index is 9.49. The molecule has 0 aromatic heterocycles. The van der Waals surface area contributed by atoms with E-state index in [9.17, 15) is 10.1 Å². The fraction of sp³-hybridized carbons (Fsp3) is 1.00. The molecule has 4 heteroatoms. The summed E-state index contributed by atoms with van der Waals surface area (Å²) in [5.41, 5.74) is 0. The van der Waals surface area contributed by atoms with Gasteiger partial charge in [-0.2, -0.15) is 0 Å². The molecule has 0 aliphatic heterocycles. The van der Waals surface area contributed by atoms with E-state index in [1.54, 1.807) is 6.92 Å². The zero-order valence-corrected chi connectivity index (χ0v) is 4.00. The number of nitro groups is 1. The van der Waals surface area contributed by atoms with Gasteiger partial charge in [0.2, 0.25) is 0 Å². The van der Waals surface area contributed by atoms with Crippen LogP contribution in [-0.4, -0.2) is 16.3 Å². The highest BCUT2D eigenvalue weighted by Gasteiger charge is 2.08. The van der Waals surface area contributed by atoms with E-state index in [0.29, 0.717) is 0 Å². The van der Waals surface area contributed by atoms with Crippen LogP contribution in [-0.2, 0) is 0 Å². The van der Waals surface area contributed by atoms with Gasteiger partial charge < -0.3 is 5.11 Å². The lowest BCUT2D eigenvalue weighted by atomic mass is 10.4. The zero-order valence-electron chi connectivity index (χ0n) is 4.00. The Balaban J connectivity index is 3.34. The van der Waals surface area contributed by atoms with Crippen LogP contribution in [0, 0.1) is 10.1 Å². The monoisotopic (exact) mass is 105 g/mol. The van der Waals surface area contributed by atoms with Crippen LogP contribution in [0.4, 0.5) is 0 Å². The molecule has 0 amide bonds. The minimum Gasteiger partial charge on any atom is -0.333 e. The van der Waals surface area contributed by atoms with Crippen LogP contribution in [0.15, 0.2) is 0 Å². The second kappa shape index (κ2) is 2.52. The summed E-state index contributed by atoms with van der Waals surface area (Å²) in [7, 11) is 0. The molecule has 0 aliphatic carbocycles. The van der Waals surface area contributed by atoms with Gasteiger partial charge in [-0.25, -0.2) is 0 Å². The molecule has 0 spiro atoms. The van der Waals surface area contributed by atoms with Gasteiger partial charge in [-0.05, 0) is 0 Å². The number of aliphatic hydroxyl groups is 1. The Morgan fingerprint density at radius 3 is 2.43 bits per heavy atom. The molecule has 0 heterocycles. The summed E-state index contributed by atoms with van der Waals surface area (Å²) in [5, 5.41) is 17.7. The highest BCUT2D eigenvalue weighted by atomic mass is 16.7. The molecular formula is C3H7NO3. The fourth-order valence-corrected chi connectivity index (χ4v) is 0.149. The minimum atomic E-state index is -1.38. The van der Waals surface area contributed by atoms with Gasteiger partial charge in [0.15, 0.2) is 0 Å². The molecule has 0 saturated heterocycles. The van der Waals surface area contributed by atoms with Crippen molar-refractivity contribution >= 4 is 0 Å². The predicted molar refractivity (Wildman–Crippen MR) is 23.3 cm³/mol. The van der Waals surface area contributed by atoms with Crippen LogP contribution >= 0.6 is 0 Å². The van der Waals surface area contributed by atoms with Crippen molar-refractivity contribution in [2.75, 3.05) is 0 Å². The van der Waals surface area contributed by atoms with Gasteiger partial charge in [0.25, 0.3) is 0 Å². The Morgan fingerprint density at radius 1 is 2.00 bits per heavy atom. The molecule has 0 saturated carbocycles. The number of nitrogens with zero attached hydrogens (tertiary/aromatic N) is 1. The van der Waals surface area contributed by atoms with E-state index in [2.05, 4.69) is 0 Å². The molecule has 0 bridgehead atoms. The quantitative estimate of drug-likeness (QED) is 0.305. The van der Waals surface area contributed by atoms with Gasteiger partial charge in [0.05, 0.1) is 4.92 Å². The second-order valence-corrected chi connectivity index (χ2v) is 1.17. The predicted octanol–water partition coefficient (Wildman–Crippen LogP) is -0.00850. The summed E-state index contributed by atoms with van der Waals surface area (Å²) >= 11 is 0. The van der Waals surface area contributed by atoms with E-state index in [1.807, 2.05) is 0 Å². The van der Waals surface area contributed by atoms with Crippen LogP contribution < -0.4 is 0 Å². The Bertz CT molecular complexity index is 72.6. The second-order valence-electron chi connectivity index (χ2n) is 1.17.